The van der Waals surface area contributed by atoms with Crippen molar-refractivity contribution < 1.29 is 14.1 Å². The summed E-state index contributed by atoms with van der Waals surface area (Å²) in [6.07, 6.45) is 1.36. The summed E-state index contributed by atoms with van der Waals surface area (Å²) in [5.74, 6) is -0.271. The number of nitro groups is 1. The van der Waals surface area contributed by atoms with E-state index in [4.69, 9.17) is 4.42 Å². The number of amides is 1. The predicted octanol–water partition coefficient (Wildman–Crippen LogP) is 3.04. The highest BCUT2D eigenvalue weighted by Crippen LogP contribution is 2.27. The first-order valence-corrected chi connectivity index (χ1v) is 9.18. The van der Waals surface area contributed by atoms with Crippen LogP contribution in [0.5, 0.6) is 0 Å². The van der Waals surface area contributed by atoms with Gasteiger partial charge in [-0.2, -0.15) is 5.10 Å². The van der Waals surface area contributed by atoms with Gasteiger partial charge in [0, 0.05) is 25.7 Å². The number of nitrogens with zero attached hydrogens (tertiary/aromatic N) is 4. The number of fused-ring (bicyclic) bond motifs is 1. The van der Waals surface area contributed by atoms with Gasteiger partial charge in [0.1, 0.15) is 11.2 Å². The molecule has 0 aliphatic carbocycles. The van der Waals surface area contributed by atoms with Crippen molar-refractivity contribution in [2.24, 2.45) is 5.10 Å². The van der Waals surface area contributed by atoms with E-state index in [0.29, 0.717) is 22.1 Å². The van der Waals surface area contributed by atoms with Crippen molar-refractivity contribution >= 4 is 46.4 Å². The van der Waals surface area contributed by atoms with Gasteiger partial charge >= 0.3 is 0 Å². The largest absolute Gasteiger partial charge is 0.431 e. The number of carbonyl (C=O) groups is 1. The molecule has 0 atom stereocenters. The molecule has 1 aromatic heterocycles. The van der Waals surface area contributed by atoms with Crippen molar-refractivity contribution in [2.45, 2.75) is 5.22 Å². The number of rotatable bonds is 7. The number of anilines is 1. The van der Waals surface area contributed by atoms with Crippen LogP contribution in [0.2, 0.25) is 0 Å². The molecule has 28 heavy (non-hydrogen) atoms. The van der Waals surface area contributed by atoms with Crippen LogP contribution in [0.15, 0.2) is 57.2 Å². The Morgan fingerprint density at radius 2 is 2.14 bits per heavy atom. The number of aromatic nitrogens is 1. The second-order valence-corrected chi connectivity index (χ2v) is 6.86. The van der Waals surface area contributed by atoms with E-state index in [-0.39, 0.29) is 17.3 Å². The lowest BCUT2D eigenvalue weighted by molar-refractivity contribution is -0.384. The SMILES string of the molecule is CN(C)c1ccc(/C=N\NC(=O)CSc2nc3ccccc3o2)cc1[N+](=O)[O-]. The standard InChI is InChI=1S/C18H17N5O4S/c1-22(2)14-8-7-12(9-15(14)23(25)26)10-19-21-17(24)11-28-18-20-13-5-3-4-6-16(13)27-18/h3-10H,11H2,1-2H3,(H,21,24)/b19-10-. The Hall–Kier alpha value is -3.40. The maximum Gasteiger partial charge on any atom is 0.293 e. The van der Waals surface area contributed by atoms with Gasteiger partial charge in [-0.05, 0) is 18.2 Å². The van der Waals surface area contributed by atoms with E-state index in [1.807, 2.05) is 18.2 Å². The molecule has 1 heterocycles. The number of oxazole rings is 1. The average Bonchev–Trinajstić information content (AvgIpc) is 3.09. The number of nitro benzene ring substituents is 1. The van der Waals surface area contributed by atoms with Gasteiger partial charge in [-0.1, -0.05) is 30.0 Å². The Labute approximate surface area is 164 Å². The van der Waals surface area contributed by atoms with Crippen molar-refractivity contribution in [2.75, 3.05) is 24.7 Å². The lowest BCUT2D eigenvalue weighted by Crippen LogP contribution is -2.19. The number of hydrogen-bond donors (Lipinski definition) is 1. The molecule has 0 bridgehead atoms. The van der Waals surface area contributed by atoms with E-state index in [1.54, 1.807) is 37.2 Å². The molecule has 144 valence electrons. The molecule has 0 saturated carbocycles. The molecule has 0 radical (unpaired) electrons. The molecule has 0 spiro atoms. The topological polar surface area (TPSA) is 114 Å². The van der Waals surface area contributed by atoms with Crippen molar-refractivity contribution in [3.8, 4) is 0 Å². The van der Waals surface area contributed by atoms with Crippen LogP contribution < -0.4 is 10.3 Å². The molecule has 0 aliphatic heterocycles. The van der Waals surface area contributed by atoms with Crippen molar-refractivity contribution in [1.82, 2.24) is 10.4 Å². The normalized spacial score (nSPS) is 11.1. The van der Waals surface area contributed by atoms with Crippen LogP contribution in [0.4, 0.5) is 11.4 Å². The molecule has 9 nitrogen and oxygen atoms in total. The molecule has 0 unspecified atom stereocenters. The molecule has 2 aromatic carbocycles. The zero-order valence-electron chi connectivity index (χ0n) is 15.2. The van der Waals surface area contributed by atoms with Crippen molar-refractivity contribution in [3.05, 3.63) is 58.1 Å². The number of nitrogens with one attached hydrogen (secondary N) is 1. The molecule has 3 rings (SSSR count). The number of carbonyl (C=O) groups excluding carboxylic acids is 1. The number of benzene rings is 2. The quantitative estimate of drug-likeness (QED) is 0.281. The van der Waals surface area contributed by atoms with Gasteiger partial charge in [0.15, 0.2) is 5.58 Å². The summed E-state index contributed by atoms with van der Waals surface area (Å²) in [5, 5.41) is 15.4. The van der Waals surface area contributed by atoms with Crippen molar-refractivity contribution in [1.29, 1.82) is 0 Å². The minimum Gasteiger partial charge on any atom is -0.431 e. The summed E-state index contributed by atoms with van der Waals surface area (Å²) in [5.41, 5.74) is 4.72. The lowest BCUT2D eigenvalue weighted by atomic mass is 10.2. The van der Waals surface area contributed by atoms with Crippen LogP contribution in [-0.2, 0) is 4.79 Å². The van der Waals surface area contributed by atoms with Gasteiger partial charge in [0.2, 0.25) is 0 Å². The minimum atomic E-state index is -0.456. The smallest absolute Gasteiger partial charge is 0.293 e. The second kappa shape index (κ2) is 8.53. The van der Waals surface area contributed by atoms with Crippen LogP contribution in [-0.4, -0.2) is 41.9 Å². The number of hydrogen-bond acceptors (Lipinski definition) is 8. The molecule has 3 aromatic rings. The van der Waals surface area contributed by atoms with Crippen molar-refractivity contribution in [3.63, 3.8) is 0 Å². The maximum absolute atomic E-state index is 11.9. The highest BCUT2D eigenvalue weighted by molar-refractivity contribution is 7.99. The summed E-state index contributed by atoms with van der Waals surface area (Å²) in [7, 11) is 3.45. The third-order valence-corrected chi connectivity index (χ3v) is 4.51. The highest BCUT2D eigenvalue weighted by atomic mass is 32.2. The summed E-state index contributed by atoms with van der Waals surface area (Å²) < 4.78 is 5.52. The molecule has 0 aliphatic rings. The Bertz CT molecular complexity index is 1010. The average molecular weight is 399 g/mol. The zero-order valence-corrected chi connectivity index (χ0v) is 16.0. The Balaban J connectivity index is 1.57. The third-order valence-electron chi connectivity index (χ3n) is 3.68. The molecule has 1 amide bonds. The zero-order chi connectivity index (χ0) is 20.1. The molecule has 0 saturated heterocycles. The molecule has 0 fully saturated rings. The molecule has 10 heteroatoms. The van der Waals surface area contributed by atoms with Gasteiger partial charge in [0.25, 0.3) is 16.8 Å². The third kappa shape index (κ3) is 4.65. The lowest BCUT2D eigenvalue weighted by Gasteiger charge is -2.12. The van der Waals surface area contributed by atoms with Crippen LogP contribution in [0.3, 0.4) is 0 Å². The van der Waals surface area contributed by atoms with E-state index in [0.717, 1.165) is 17.3 Å². The van der Waals surface area contributed by atoms with Gasteiger partial charge in [-0.15, -0.1) is 0 Å². The van der Waals surface area contributed by atoms with Gasteiger partial charge in [-0.25, -0.2) is 10.4 Å². The molecular weight excluding hydrogens is 382 g/mol. The first-order chi connectivity index (χ1) is 13.4. The fraction of sp³-hybridized carbons (Fsp3) is 0.167. The predicted molar refractivity (Wildman–Crippen MR) is 108 cm³/mol. The van der Waals surface area contributed by atoms with Gasteiger partial charge in [0.05, 0.1) is 16.9 Å². The maximum atomic E-state index is 11.9. The Morgan fingerprint density at radius 1 is 1.36 bits per heavy atom. The second-order valence-electron chi connectivity index (χ2n) is 5.93. The van der Waals surface area contributed by atoms with Crippen LogP contribution in [0.25, 0.3) is 11.1 Å². The van der Waals surface area contributed by atoms with E-state index >= 15 is 0 Å². The Kier molecular flexibility index (Phi) is 5.90. The molecule has 1 N–H and O–H groups in total. The summed E-state index contributed by atoms with van der Waals surface area (Å²) in [4.78, 5) is 28.6. The van der Waals surface area contributed by atoms with E-state index in [9.17, 15) is 14.9 Å². The number of para-hydroxylation sites is 2. The van der Waals surface area contributed by atoms with Gasteiger partial charge < -0.3 is 9.32 Å². The summed E-state index contributed by atoms with van der Waals surface area (Å²) in [6, 6.07) is 12.0. The van der Waals surface area contributed by atoms with E-state index in [1.165, 1.54) is 12.3 Å². The Morgan fingerprint density at radius 3 is 2.86 bits per heavy atom. The summed E-state index contributed by atoms with van der Waals surface area (Å²) >= 11 is 1.15. The number of thioether (sulfide) groups is 1. The summed E-state index contributed by atoms with van der Waals surface area (Å²) in [6.45, 7) is 0. The van der Waals surface area contributed by atoms with Gasteiger partial charge in [-0.3, -0.25) is 14.9 Å². The highest BCUT2D eigenvalue weighted by Gasteiger charge is 2.15. The van der Waals surface area contributed by atoms with Crippen LogP contribution >= 0.6 is 11.8 Å². The first kappa shape index (κ1) is 19.4. The first-order valence-electron chi connectivity index (χ1n) is 8.20. The fourth-order valence-electron chi connectivity index (χ4n) is 2.40. The number of hydrazone groups is 1. The van der Waals surface area contributed by atoms with E-state index < -0.39 is 4.92 Å². The van der Waals surface area contributed by atoms with E-state index in [2.05, 4.69) is 15.5 Å². The fourth-order valence-corrected chi connectivity index (χ4v) is 3.03. The molecular formula is C18H17N5O4S. The van der Waals surface area contributed by atoms with Crippen LogP contribution in [0, 0.1) is 10.1 Å². The van der Waals surface area contributed by atoms with Crippen LogP contribution in [0.1, 0.15) is 5.56 Å². The monoisotopic (exact) mass is 399 g/mol. The minimum absolute atomic E-state index is 0.0354.